The third-order valence-corrected chi connectivity index (χ3v) is 3.97. The lowest BCUT2D eigenvalue weighted by Gasteiger charge is -2.22. The van der Waals surface area contributed by atoms with Crippen LogP contribution in [0.5, 0.6) is 5.75 Å². The Labute approximate surface area is 132 Å². The van der Waals surface area contributed by atoms with Crippen molar-refractivity contribution in [1.82, 2.24) is 5.32 Å². The monoisotopic (exact) mass is 306 g/mol. The van der Waals surface area contributed by atoms with E-state index in [1.54, 1.807) is 13.2 Å². The summed E-state index contributed by atoms with van der Waals surface area (Å²) in [5, 5.41) is 15.5. The van der Waals surface area contributed by atoms with E-state index in [0.717, 1.165) is 17.9 Å². The molecule has 1 aliphatic carbocycles. The standard InChI is InChI=1S/C17H26N2O3/c1-12(18-16(8-9-20)13-6-7-13)10-17(21)19-14-4-3-5-15(11-14)22-2/h3-5,11-13,16,18,20H,6-10H2,1-2H3,(H,19,21). The maximum absolute atomic E-state index is 12.1. The Kier molecular flexibility index (Phi) is 6.21. The minimum Gasteiger partial charge on any atom is -0.497 e. The molecule has 1 saturated carbocycles. The molecule has 2 atom stereocenters. The molecule has 2 rings (SSSR count). The van der Waals surface area contributed by atoms with Crippen LogP contribution in [0.3, 0.4) is 0 Å². The van der Waals surface area contributed by atoms with Gasteiger partial charge in [0.15, 0.2) is 0 Å². The molecule has 0 aliphatic heterocycles. The predicted octanol–water partition coefficient (Wildman–Crippen LogP) is 2.16. The molecular formula is C17H26N2O3. The van der Waals surface area contributed by atoms with E-state index in [2.05, 4.69) is 10.6 Å². The number of rotatable bonds is 9. The molecule has 2 unspecified atom stereocenters. The number of ether oxygens (including phenoxy) is 1. The van der Waals surface area contributed by atoms with Crippen molar-refractivity contribution < 1.29 is 14.6 Å². The predicted molar refractivity (Wildman–Crippen MR) is 87.1 cm³/mol. The normalized spacial score (nSPS) is 16.9. The lowest BCUT2D eigenvalue weighted by atomic mass is 10.1. The highest BCUT2D eigenvalue weighted by molar-refractivity contribution is 5.91. The first-order valence-electron chi connectivity index (χ1n) is 7.93. The molecule has 1 amide bonds. The summed E-state index contributed by atoms with van der Waals surface area (Å²) in [5.41, 5.74) is 0.741. The molecule has 0 aromatic heterocycles. The highest BCUT2D eigenvalue weighted by Gasteiger charge is 2.31. The molecule has 1 aliphatic rings. The lowest BCUT2D eigenvalue weighted by molar-refractivity contribution is -0.116. The van der Waals surface area contributed by atoms with Crippen LogP contribution in [0.1, 0.15) is 32.6 Å². The number of hydrogen-bond acceptors (Lipinski definition) is 4. The van der Waals surface area contributed by atoms with E-state index >= 15 is 0 Å². The Bertz CT molecular complexity index is 489. The Hall–Kier alpha value is -1.59. The first kappa shape index (κ1) is 16.8. The largest absolute Gasteiger partial charge is 0.497 e. The van der Waals surface area contributed by atoms with Crippen molar-refractivity contribution in [2.75, 3.05) is 19.0 Å². The topological polar surface area (TPSA) is 70.6 Å². The summed E-state index contributed by atoms with van der Waals surface area (Å²) in [6.45, 7) is 2.20. The van der Waals surface area contributed by atoms with Crippen LogP contribution in [-0.4, -0.2) is 36.8 Å². The average molecular weight is 306 g/mol. The van der Waals surface area contributed by atoms with Gasteiger partial charge >= 0.3 is 0 Å². The molecule has 0 heterocycles. The summed E-state index contributed by atoms with van der Waals surface area (Å²) in [7, 11) is 1.60. The first-order valence-corrected chi connectivity index (χ1v) is 7.93. The molecule has 0 spiro atoms. The fraction of sp³-hybridized carbons (Fsp3) is 0.588. The number of aliphatic hydroxyl groups is 1. The van der Waals surface area contributed by atoms with Gasteiger partial charge < -0.3 is 20.5 Å². The van der Waals surface area contributed by atoms with E-state index in [1.807, 2.05) is 25.1 Å². The molecule has 1 aromatic rings. The van der Waals surface area contributed by atoms with Crippen molar-refractivity contribution in [3.8, 4) is 5.75 Å². The van der Waals surface area contributed by atoms with Crippen LogP contribution in [0.4, 0.5) is 5.69 Å². The second-order valence-electron chi connectivity index (χ2n) is 6.01. The van der Waals surface area contributed by atoms with Gasteiger partial charge in [-0.05, 0) is 44.2 Å². The number of amides is 1. The van der Waals surface area contributed by atoms with Gasteiger partial charge in [-0.1, -0.05) is 6.07 Å². The third-order valence-electron chi connectivity index (χ3n) is 3.97. The zero-order valence-electron chi connectivity index (χ0n) is 13.3. The Morgan fingerprint density at radius 1 is 1.45 bits per heavy atom. The molecule has 0 saturated heterocycles. The minimum absolute atomic E-state index is 0.0215. The number of anilines is 1. The van der Waals surface area contributed by atoms with Crippen molar-refractivity contribution in [2.24, 2.45) is 5.92 Å². The van der Waals surface area contributed by atoms with Crippen LogP contribution in [0, 0.1) is 5.92 Å². The number of carbonyl (C=O) groups is 1. The molecule has 3 N–H and O–H groups in total. The lowest BCUT2D eigenvalue weighted by Crippen LogP contribution is -2.40. The maximum Gasteiger partial charge on any atom is 0.225 e. The zero-order valence-corrected chi connectivity index (χ0v) is 13.3. The van der Waals surface area contributed by atoms with Gasteiger partial charge in [-0.3, -0.25) is 4.79 Å². The number of methoxy groups -OCH3 is 1. The SMILES string of the molecule is COc1cccc(NC(=O)CC(C)NC(CCO)C2CC2)c1. The summed E-state index contributed by atoms with van der Waals surface area (Å²) >= 11 is 0. The highest BCUT2D eigenvalue weighted by Crippen LogP contribution is 2.34. The van der Waals surface area contributed by atoms with Gasteiger partial charge in [0.05, 0.1) is 7.11 Å². The van der Waals surface area contributed by atoms with Crippen molar-refractivity contribution in [2.45, 2.75) is 44.7 Å². The maximum atomic E-state index is 12.1. The van der Waals surface area contributed by atoms with Gasteiger partial charge in [-0.15, -0.1) is 0 Å². The molecule has 0 radical (unpaired) electrons. The molecule has 1 aromatic carbocycles. The molecular weight excluding hydrogens is 280 g/mol. The Balaban J connectivity index is 1.80. The molecule has 1 fully saturated rings. The second kappa shape index (κ2) is 8.15. The highest BCUT2D eigenvalue weighted by atomic mass is 16.5. The molecule has 5 heteroatoms. The Morgan fingerprint density at radius 2 is 2.23 bits per heavy atom. The van der Waals surface area contributed by atoms with Crippen LogP contribution in [0.25, 0.3) is 0 Å². The minimum atomic E-state index is -0.0215. The summed E-state index contributed by atoms with van der Waals surface area (Å²) in [6, 6.07) is 7.74. The fourth-order valence-corrected chi connectivity index (χ4v) is 2.71. The van der Waals surface area contributed by atoms with Crippen LogP contribution in [0.2, 0.25) is 0 Å². The second-order valence-corrected chi connectivity index (χ2v) is 6.01. The number of aliphatic hydroxyl groups excluding tert-OH is 1. The quantitative estimate of drug-likeness (QED) is 0.654. The summed E-state index contributed by atoms with van der Waals surface area (Å²) in [4.78, 5) is 12.1. The summed E-state index contributed by atoms with van der Waals surface area (Å²) in [5.74, 6) is 1.36. The van der Waals surface area contributed by atoms with Crippen molar-refractivity contribution >= 4 is 11.6 Å². The van der Waals surface area contributed by atoms with Crippen LogP contribution < -0.4 is 15.4 Å². The van der Waals surface area contributed by atoms with E-state index in [4.69, 9.17) is 9.84 Å². The number of benzene rings is 1. The fourth-order valence-electron chi connectivity index (χ4n) is 2.71. The van der Waals surface area contributed by atoms with E-state index in [-0.39, 0.29) is 18.6 Å². The van der Waals surface area contributed by atoms with Crippen LogP contribution >= 0.6 is 0 Å². The van der Waals surface area contributed by atoms with Gasteiger partial charge in [0.1, 0.15) is 5.75 Å². The van der Waals surface area contributed by atoms with E-state index in [9.17, 15) is 4.79 Å². The van der Waals surface area contributed by atoms with Gasteiger partial charge in [0.25, 0.3) is 0 Å². The summed E-state index contributed by atoms with van der Waals surface area (Å²) < 4.78 is 5.14. The molecule has 5 nitrogen and oxygen atoms in total. The molecule has 22 heavy (non-hydrogen) atoms. The third kappa shape index (κ3) is 5.31. The van der Waals surface area contributed by atoms with Gasteiger partial charge in [0.2, 0.25) is 5.91 Å². The number of carbonyl (C=O) groups excluding carboxylic acids is 1. The average Bonchev–Trinajstić information content (AvgIpc) is 3.31. The van der Waals surface area contributed by atoms with Crippen molar-refractivity contribution in [1.29, 1.82) is 0 Å². The van der Waals surface area contributed by atoms with Gasteiger partial charge in [0, 0.05) is 36.9 Å². The smallest absolute Gasteiger partial charge is 0.225 e. The molecule has 122 valence electrons. The first-order chi connectivity index (χ1) is 10.6. The van der Waals surface area contributed by atoms with Crippen molar-refractivity contribution in [3.63, 3.8) is 0 Å². The van der Waals surface area contributed by atoms with Gasteiger partial charge in [-0.25, -0.2) is 0 Å². The van der Waals surface area contributed by atoms with E-state index in [1.165, 1.54) is 12.8 Å². The zero-order chi connectivity index (χ0) is 15.9. The van der Waals surface area contributed by atoms with Crippen molar-refractivity contribution in [3.05, 3.63) is 24.3 Å². The van der Waals surface area contributed by atoms with Crippen LogP contribution in [0.15, 0.2) is 24.3 Å². The Morgan fingerprint density at radius 3 is 2.86 bits per heavy atom. The number of hydrogen-bond donors (Lipinski definition) is 3. The van der Waals surface area contributed by atoms with Crippen LogP contribution in [-0.2, 0) is 4.79 Å². The molecule has 0 bridgehead atoms. The summed E-state index contributed by atoms with van der Waals surface area (Å²) in [6.07, 6.45) is 3.61. The van der Waals surface area contributed by atoms with Gasteiger partial charge in [-0.2, -0.15) is 0 Å². The number of nitrogens with one attached hydrogen (secondary N) is 2. The van der Waals surface area contributed by atoms with E-state index < -0.39 is 0 Å². The van der Waals surface area contributed by atoms with E-state index in [0.29, 0.717) is 18.4 Å².